The Morgan fingerprint density at radius 1 is 1.33 bits per heavy atom. The van der Waals surface area contributed by atoms with Crippen molar-refractivity contribution >= 4 is 17.2 Å². The standard InChI is InChI=1S/C9H5N2O/c12-5-7-1-2-8-4-10-6-11-9(8)3-7/h1-4,6H. The van der Waals surface area contributed by atoms with Gasteiger partial charge in [0.05, 0.1) is 5.52 Å². The first kappa shape index (κ1) is 6.91. The smallest absolute Gasteiger partial charge is 0.233 e. The van der Waals surface area contributed by atoms with E-state index in [9.17, 15) is 4.79 Å². The van der Waals surface area contributed by atoms with E-state index < -0.39 is 0 Å². The van der Waals surface area contributed by atoms with Crippen LogP contribution in [0.15, 0.2) is 30.7 Å². The van der Waals surface area contributed by atoms with Gasteiger partial charge < -0.3 is 0 Å². The molecule has 2 aromatic rings. The van der Waals surface area contributed by atoms with Gasteiger partial charge >= 0.3 is 0 Å². The topological polar surface area (TPSA) is 42.9 Å². The van der Waals surface area contributed by atoms with Crippen LogP contribution >= 0.6 is 0 Å². The van der Waals surface area contributed by atoms with Crippen LogP contribution < -0.4 is 0 Å². The Morgan fingerprint density at radius 2 is 2.25 bits per heavy atom. The van der Waals surface area contributed by atoms with Gasteiger partial charge in [0.1, 0.15) is 6.33 Å². The van der Waals surface area contributed by atoms with E-state index in [0.29, 0.717) is 5.56 Å². The van der Waals surface area contributed by atoms with Crippen LogP contribution in [-0.2, 0) is 4.79 Å². The molecule has 0 aliphatic heterocycles. The first-order chi connectivity index (χ1) is 5.90. The van der Waals surface area contributed by atoms with Gasteiger partial charge in [-0.2, -0.15) is 0 Å². The van der Waals surface area contributed by atoms with Crippen molar-refractivity contribution in [1.82, 2.24) is 9.97 Å². The van der Waals surface area contributed by atoms with Gasteiger partial charge in [0.15, 0.2) is 0 Å². The zero-order valence-corrected chi connectivity index (χ0v) is 6.19. The highest BCUT2D eigenvalue weighted by Crippen LogP contribution is 2.10. The van der Waals surface area contributed by atoms with Crippen LogP contribution in [0.2, 0.25) is 0 Å². The second kappa shape index (κ2) is 2.70. The largest absolute Gasteiger partial charge is 0.285 e. The molecule has 0 unspecified atom stereocenters. The number of hydrogen-bond donors (Lipinski definition) is 0. The third-order valence-corrected chi connectivity index (χ3v) is 1.63. The van der Waals surface area contributed by atoms with E-state index in [1.54, 1.807) is 24.4 Å². The minimum Gasteiger partial charge on any atom is -0.285 e. The van der Waals surface area contributed by atoms with Crippen LogP contribution in [0.1, 0.15) is 5.56 Å². The normalized spacial score (nSPS) is 10.0. The van der Waals surface area contributed by atoms with Crippen LogP contribution in [0.5, 0.6) is 0 Å². The highest BCUT2D eigenvalue weighted by Gasteiger charge is 1.95. The zero-order valence-electron chi connectivity index (χ0n) is 6.19. The molecule has 0 aliphatic carbocycles. The molecular formula is C9H5N2O. The summed E-state index contributed by atoms with van der Waals surface area (Å²) in [6.07, 6.45) is 4.97. The van der Waals surface area contributed by atoms with E-state index in [2.05, 4.69) is 9.97 Å². The third-order valence-electron chi connectivity index (χ3n) is 1.63. The fraction of sp³-hybridized carbons (Fsp3) is 0. The number of aromatic nitrogens is 2. The van der Waals surface area contributed by atoms with E-state index >= 15 is 0 Å². The fourth-order valence-electron chi connectivity index (χ4n) is 1.04. The number of hydrogen-bond acceptors (Lipinski definition) is 3. The highest BCUT2D eigenvalue weighted by molar-refractivity contribution is 5.85. The van der Waals surface area contributed by atoms with Gasteiger partial charge in [0.25, 0.3) is 0 Å². The number of nitrogens with zero attached hydrogens (tertiary/aromatic N) is 2. The fourth-order valence-corrected chi connectivity index (χ4v) is 1.04. The van der Waals surface area contributed by atoms with Crippen LogP contribution in [0.25, 0.3) is 10.9 Å². The molecule has 3 heteroatoms. The Hall–Kier alpha value is -1.77. The lowest BCUT2D eigenvalue weighted by molar-refractivity contribution is 0.563. The second-order valence-electron chi connectivity index (χ2n) is 2.40. The quantitative estimate of drug-likeness (QED) is 0.622. The van der Waals surface area contributed by atoms with Crippen molar-refractivity contribution in [2.45, 2.75) is 0 Å². The molecule has 1 radical (unpaired) electrons. The van der Waals surface area contributed by atoms with Crippen molar-refractivity contribution in [2.24, 2.45) is 0 Å². The summed E-state index contributed by atoms with van der Waals surface area (Å²) in [5.74, 6) is 0. The molecule has 0 spiro atoms. The Labute approximate surface area is 69.1 Å². The molecule has 0 saturated heterocycles. The Morgan fingerprint density at radius 3 is 3.08 bits per heavy atom. The summed E-state index contributed by atoms with van der Waals surface area (Å²) < 4.78 is 0. The van der Waals surface area contributed by atoms with Crippen LogP contribution in [-0.4, -0.2) is 16.3 Å². The summed E-state index contributed by atoms with van der Waals surface area (Å²) in [5.41, 5.74) is 1.28. The monoisotopic (exact) mass is 157 g/mol. The maximum Gasteiger partial charge on any atom is 0.233 e. The summed E-state index contributed by atoms with van der Waals surface area (Å²) >= 11 is 0. The van der Waals surface area contributed by atoms with Crippen molar-refractivity contribution in [3.05, 3.63) is 36.3 Å². The molecule has 1 aromatic heterocycles. The molecule has 3 nitrogen and oxygen atoms in total. The Bertz CT molecular complexity index is 426. The van der Waals surface area contributed by atoms with Gasteiger partial charge in [-0.3, -0.25) is 4.79 Å². The van der Waals surface area contributed by atoms with Crippen molar-refractivity contribution in [2.75, 3.05) is 0 Å². The minimum atomic E-state index is 0.515. The number of rotatable bonds is 1. The van der Waals surface area contributed by atoms with Crippen molar-refractivity contribution in [1.29, 1.82) is 0 Å². The average molecular weight is 157 g/mol. The lowest BCUT2D eigenvalue weighted by Crippen LogP contribution is -1.84. The zero-order chi connectivity index (χ0) is 8.39. The molecule has 0 bridgehead atoms. The van der Waals surface area contributed by atoms with E-state index in [1.165, 1.54) is 6.33 Å². The summed E-state index contributed by atoms with van der Waals surface area (Å²) in [7, 11) is 0. The second-order valence-corrected chi connectivity index (χ2v) is 2.40. The minimum absolute atomic E-state index is 0.515. The molecule has 57 valence electrons. The Kier molecular flexibility index (Phi) is 1.55. The van der Waals surface area contributed by atoms with Crippen LogP contribution in [0.3, 0.4) is 0 Å². The molecule has 0 amide bonds. The maximum absolute atomic E-state index is 10.3. The average Bonchev–Trinajstić information content (AvgIpc) is 2.17. The van der Waals surface area contributed by atoms with Crippen molar-refractivity contribution < 1.29 is 4.79 Å². The first-order valence-electron chi connectivity index (χ1n) is 3.48. The molecule has 2 rings (SSSR count). The van der Waals surface area contributed by atoms with Crippen molar-refractivity contribution in [3.8, 4) is 0 Å². The summed E-state index contributed by atoms with van der Waals surface area (Å²) in [5, 5.41) is 0.927. The molecule has 0 aliphatic rings. The van der Waals surface area contributed by atoms with Gasteiger partial charge in [-0.05, 0) is 6.07 Å². The van der Waals surface area contributed by atoms with Gasteiger partial charge in [-0.15, -0.1) is 0 Å². The first-order valence-corrected chi connectivity index (χ1v) is 3.48. The van der Waals surface area contributed by atoms with Gasteiger partial charge in [0.2, 0.25) is 6.29 Å². The summed E-state index contributed by atoms with van der Waals surface area (Å²) in [6.45, 7) is 0. The number of carbonyl (C=O) groups excluding carboxylic acids is 1. The predicted molar refractivity (Wildman–Crippen MR) is 44.3 cm³/mol. The lowest BCUT2D eigenvalue weighted by atomic mass is 10.2. The molecule has 0 atom stereocenters. The molecule has 1 heterocycles. The molecule has 12 heavy (non-hydrogen) atoms. The maximum atomic E-state index is 10.3. The van der Waals surface area contributed by atoms with Gasteiger partial charge in [-0.25, -0.2) is 9.97 Å². The molecular weight excluding hydrogens is 152 g/mol. The predicted octanol–water partition coefficient (Wildman–Crippen LogP) is 1.09. The SMILES string of the molecule is O=[C]c1ccc2cncnc2c1. The molecule has 1 aromatic carbocycles. The van der Waals surface area contributed by atoms with Gasteiger partial charge in [0, 0.05) is 17.1 Å². The van der Waals surface area contributed by atoms with E-state index in [0.717, 1.165) is 10.9 Å². The van der Waals surface area contributed by atoms with Gasteiger partial charge in [-0.1, -0.05) is 12.1 Å². The number of benzene rings is 1. The molecule has 0 N–H and O–H groups in total. The summed E-state index contributed by atoms with van der Waals surface area (Å²) in [6, 6.07) is 5.18. The van der Waals surface area contributed by atoms with E-state index in [1.807, 2.05) is 6.29 Å². The highest BCUT2D eigenvalue weighted by atomic mass is 16.1. The van der Waals surface area contributed by atoms with E-state index in [4.69, 9.17) is 0 Å². The lowest BCUT2D eigenvalue weighted by Gasteiger charge is -1.94. The Balaban J connectivity index is 2.75. The number of fused-ring (bicyclic) bond motifs is 1. The van der Waals surface area contributed by atoms with E-state index in [-0.39, 0.29) is 0 Å². The van der Waals surface area contributed by atoms with Crippen molar-refractivity contribution in [3.63, 3.8) is 0 Å². The summed E-state index contributed by atoms with van der Waals surface area (Å²) in [4.78, 5) is 18.1. The molecule has 0 saturated carbocycles. The van der Waals surface area contributed by atoms with Crippen LogP contribution in [0.4, 0.5) is 0 Å². The third kappa shape index (κ3) is 1.05. The van der Waals surface area contributed by atoms with Crippen LogP contribution in [0, 0.1) is 0 Å². The molecule has 0 fully saturated rings.